The van der Waals surface area contributed by atoms with Gasteiger partial charge in [-0.15, -0.1) is 0 Å². The van der Waals surface area contributed by atoms with Gasteiger partial charge in [0.05, 0.1) is 24.5 Å². The number of amides is 1. The molecule has 5 nitrogen and oxygen atoms in total. The van der Waals surface area contributed by atoms with Crippen LogP contribution in [-0.2, 0) is 16.1 Å². The molecule has 0 aromatic carbocycles. The maximum atomic E-state index is 12.8. The summed E-state index contributed by atoms with van der Waals surface area (Å²) in [6, 6.07) is 2.00. The minimum absolute atomic E-state index is 0.157. The zero-order valence-corrected chi connectivity index (χ0v) is 12.7. The Kier molecular flexibility index (Phi) is 4.31. The van der Waals surface area contributed by atoms with Gasteiger partial charge in [0.1, 0.15) is 0 Å². The Hall–Kier alpha value is -1.33. The zero-order chi connectivity index (χ0) is 14.7. The van der Waals surface area contributed by atoms with Crippen molar-refractivity contribution < 1.29 is 13.9 Å². The molecule has 5 heteroatoms. The second-order valence-electron chi connectivity index (χ2n) is 6.26. The number of hydrogen-bond donors (Lipinski definition) is 0. The van der Waals surface area contributed by atoms with Gasteiger partial charge in [-0.05, 0) is 31.9 Å². The van der Waals surface area contributed by atoms with E-state index in [0.29, 0.717) is 12.5 Å². The number of piperidine rings is 1. The highest BCUT2D eigenvalue weighted by Gasteiger charge is 2.47. The van der Waals surface area contributed by atoms with Crippen LogP contribution in [0.15, 0.2) is 23.0 Å². The average molecular weight is 292 g/mol. The number of hydrogen-bond acceptors (Lipinski definition) is 4. The highest BCUT2D eigenvalue weighted by molar-refractivity contribution is 5.84. The Morgan fingerprint density at radius 2 is 2.29 bits per heavy atom. The molecule has 0 radical (unpaired) electrons. The van der Waals surface area contributed by atoms with Crippen LogP contribution in [0.25, 0.3) is 0 Å². The van der Waals surface area contributed by atoms with Crippen LogP contribution < -0.4 is 0 Å². The second kappa shape index (κ2) is 6.20. The molecule has 2 aliphatic heterocycles. The lowest BCUT2D eigenvalue weighted by atomic mass is 9.78. The van der Waals surface area contributed by atoms with Gasteiger partial charge in [-0.25, -0.2) is 0 Å². The van der Waals surface area contributed by atoms with Gasteiger partial charge in [0.15, 0.2) is 0 Å². The fourth-order valence-electron chi connectivity index (χ4n) is 3.68. The first-order valence-corrected chi connectivity index (χ1v) is 7.75. The predicted octanol–water partition coefficient (Wildman–Crippen LogP) is 1.74. The largest absolute Gasteiger partial charge is 0.472 e. The van der Waals surface area contributed by atoms with Gasteiger partial charge >= 0.3 is 0 Å². The number of ether oxygens (including phenoxy) is 1. The standard InChI is InChI=1S/C16H24N2O3/c1-20-10-8-18-6-2-4-16(15(18)19)5-7-17(13-16)11-14-3-9-21-12-14/h3,9,12H,2,4-8,10-11,13H2,1H3/t16-/m0/s1. The zero-order valence-electron chi connectivity index (χ0n) is 12.7. The second-order valence-corrected chi connectivity index (χ2v) is 6.26. The molecule has 0 aliphatic carbocycles. The van der Waals surface area contributed by atoms with Crippen LogP contribution in [0.5, 0.6) is 0 Å². The number of likely N-dealkylation sites (tertiary alicyclic amines) is 2. The molecular weight excluding hydrogens is 268 g/mol. The number of nitrogens with zero attached hydrogens (tertiary/aromatic N) is 2. The number of methoxy groups -OCH3 is 1. The number of furan rings is 1. The Morgan fingerprint density at radius 1 is 1.38 bits per heavy atom. The molecule has 1 aromatic rings. The summed E-state index contributed by atoms with van der Waals surface area (Å²) in [5.74, 6) is 0.334. The first kappa shape index (κ1) is 14.6. The molecular formula is C16H24N2O3. The van der Waals surface area contributed by atoms with Crippen molar-refractivity contribution in [2.24, 2.45) is 5.41 Å². The monoisotopic (exact) mass is 292 g/mol. The van der Waals surface area contributed by atoms with E-state index in [0.717, 1.165) is 52.0 Å². The van der Waals surface area contributed by atoms with Crippen molar-refractivity contribution in [3.8, 4) is 0 Å². The molecule has 1 amide bonds. The number of carbonyl (C=O) groups excluding carboxylic acids is 1. The van der Waals surface area contributed by atoms with Crippen molar-refractivity contribution in [3.63, 3.8) is 0 Å². The minimum Gasteiger partial charge on any atom is -0.472 e. The first-order valence-electron chi connectivity index (χ1n) is 7.75. The fraction of sp³-hybridized carbons (Fsp3) is 0.688. The molecule has 1 atom stereocenters. The van der Waals surface area contributed by atoms with Crippen LogP contribution in [0.1, 0.15) is 24.8 Å². The van der Waals surface area contributed by atoms with Crippen LogP contribution in [0.4, 0.5) is 0 Å². The SMILES string of the molecule is COCCN1CCC[C@@]2(CCN(Cc3ccoc3)C2)C1=O. The van der Waals surface area contributed by atoms with E-state index in [1.54, 1.807) is 19.6 Å². The van der Waals surface area contributed by atoms with E-state index < -0.39 is 0 Å². The third kappa shape index (κ3) is 2.99. The Labute approximate surface area is 125 Å². The normalized spacial score (nSPS) is 26.9. The van der Waals surface area contributed by atoms with E-state index in [4.69, 9.17) is 9.15 Å². The van der Waals surface area contributed by atoms with Crippen LogP contribution >= 0.6 is 0 Å². The van der Waals surface area contributed by atoms with Crippen LogP contribution in [0, 0.1) is 5.41 Å². The van der Waals surface area contributed by atoms with E-state index >= 15 is 0 Å². The molecule has 2 saturated heterocycles. The van der Waals surface area contributed by atoms with E-state index in [2.05, 4.69) is 4.90 Å². The van der Waals surface area contributed by atoms with Crippen molar-refractivity contribution in [2.75, 3.05) is 39.9 Å². The smallest absolute Gasteiger partial charge is 0.230 e. The summed E-state index contributed by atoms with van der Waals surface area (Å²) < 4.78 is 10.2. The highest BCUT2D eigenvalue weighted by Crippen LogP contribution is 2.40. The van der Waals surface area contributed by atoms with E-state index in [1.807, 2.05) is 11.0 Å². The van der Waals surface area contributed by atoms with Gasteiger partial charge in [0.2, 0.25) is 5.91 Å². The van der Waals surface area contributed by atoms with Gasteiger partial charge in [-0.2, -0.15) is 0 Å². The Morgan fingerprint density at radius 3 is 3.05 bits per heavy atom. The molecule has 0 bridgehead atoms. The molecule has 2 aliphatic rings. The Balaban J connectivity index is 1.63. The maximum Gasteiger partial charge on any atom is 0.230 e. The molecule has 0 N–H and O–H groups in total. The van der Waals surface area contributed by atoms with E-state index in [-0.39, 0.29) is 5.41 Å². The average Bonchev–Trinajstić information content (AvgIpc) is 3.12. The molecule has 3 heterocycles. The van der Waals surface area contributed by atoms with Crippen molar-refractivity contribution >= 4 is 5.91 Å². The van der Waals surface area contributed by atoms with Crippen LogP contribution in [0.2, 0.25) is 0 Å². The third-order valence-electron chi connectivity index (χ3n) is 4.81. The molecule has 2 fully saturated rings. The van der Waals surface area contributed by atoms with Gasteiger partial charge in [-0.3, -0.25) is 9.69 Å². The van der Waals surface area contributed by atoms with Gasteiger partial charge in [-0.1, -0.05) is 0 Å². The summed E-state index contributed by atoms with van der Waals surface area (Å²) in [7, 11) is 1.69. The van der Waals surface area contributed by atoms with Crippen molar-refractivity contribution in [1.29, 1.82) is 0 Å². The van der Waals surface area contributed by atoms with Gasteiger partial charge in [0.25, 0.3) is 0 Å². The summed E-state index contributed by atoms with van der Waals surface area (Å²) in [6.07, 6.45) is 6.61. The number of rotatable bonds is 5. The lowest BCUT2D eigenvalue weighted by molar-refractivity contribution is -0.146. The quantitative estimate of drug-likeness (QED) is 0.829. The summed E-state index contributed by atoms with van der Waals surface area (Å²) in [5.41, 5.74) is 1.03. The molecule has 0 saturated carbocycles. The number of carbonyl (C=O) groups is 1. The fourth-order valence-corrected chi connectivity index (χ4v) is 3.68. The van der Waals surface area contributed by atoms with Crippen molar-refractivity contribution in [1.82, 2.24) is 9.80 Å². The summed E-state index contributed by atoms with van der Waals surface area (Å²) in [6.45, 7) is 4.98. The third-order valence-corrected chi connectivity index (χ3v) is 4.81. The maximum absolute atomic E-state index is 12.8. The molecule has 116 valence electrons. The van der Waals surface area contributed by atoms with Gasteiger partial charge in [0, 0.05) is 38.9 Å². The molecule has 3 rings (SSSR count). The molecule has 21 heavy (non-hydrogen) atoms. The van der Waals surface area contributed by atoms with E-state index in [1.165, 1.54) is 5.56 Å². The topological polar surface area (TPSA) is 45.9 Å². The van der Waals surface area contributed by atoms with Crippen LogP contribution in [-0.4, -0.2) is 55.6 Å². The minimum atomic E-state index is -0.157. The lowest BCUT2D eigenvalue weighted by Gasteiger charge is -2.39. The van der Waals surface area contributed by atoms with Gasteiger partial charge < -0.3 is 14.1 Å². The van der Waals surface area contributed by atoms with Crippen molar-refractivity contribution in [2.45, 2.75) is 25.8 Å². The van der Waals surface area contributed by atoms with Crippen molar-refractivity contribution in [3.05, 3.63) is 24.2 Å². The van der Waals surface area contributed by atoms with E-state index in [9.17, 15) is 4.79 Å². The lowest BCUT2D eigenvalue weighted by Crippen LogP contribution is -2.50. The first-order chi connectivity index (χ1) is 10.2. The molecule has 1 aromatic heterocycles. The predicted molar refractivity (Wildman–Crippen MR) is 78.7 cm³/mol. The summed E-state index contributed by atoms with van der Waals surface area (Å²) in [5, 5.41) is 0. The molecule has 1 spiro atoms. The highest BCUT2D eigenvalue weighted by atomic mass is 16.5. The van der Waals surface area contributed by atoms with Crippen LogP contribution in [0.3, 0.4) is 0 Å². The molecule has 0 unspecified atom stereocenters. The summed E-state index contributed by atoms with van der Waals surface area (Å²) >= 11 is 0. The summed E-state index contributed by atoms with van der Waals surface area (Å²) in [4.78, 5) is 17.2. The Bertz CT molecular complexity index is 474.